The second-order valence-corrected chi connectivity index (χ2v) is 4.39. The zero-order valence-electron chi connectivity index (χ0n) is 10.9. The molecule has 7 heteroatoms. The van der Waals surface area contributed by atoms with E-state index in [4.69, 9.17) is 0 Å². The lowest BCUT2D eigenvalue weighted by molar-refractivity contribution is -0.141. The van der Waals surface area contributed by atoms with Crippen LogP contribution in [0.25, 0.3) is 0 Å². The summed E-state index contributed by atoms with van der Waals surface area (Å²) in [4.78, 5) is 15.1. The number of alkyl halides is 3. The van der Waals surface area contributed by atoms with Gasteiger partial charge in [0.05, 0.1) is 0 Å². The molecule has 1 heterocycles. The van der Waals surface area contributed by atoms with Gasteiger partial charge in [-0.05, 0) is 18.1 Å². The van der Waals surface area contributed by atoms with E-state index in [9.17, 15) is 18.0 Å². The Morgan fingerprint density at radius 1 is 1.32 bits per heavy atom. The molecule has 0 aliphatic rings. The van der Waals surface area contributed by atoms with Crippen LogP contribution >= 0.6 is 0 Å². The van der Waals surface area contributed by atoms with Crippen LogP contribution in [0.2, 0.25) is 0 Å². The van der Waals surface area contributed by atoms with Gasteiger partial charge >= 0.3 is 6.18 Å². The molecule has 1 aromatic heterocycles. The summed E-state index contributed by atoms with van der Waals surface area (Å²) in [6, 6.07) is 2.89. The van der Waals surface area contributed by atoms with E-state index in [1.165, 1.54) is 19.2 Å². The third kappa shape index (κ3) is 4.11. The number of hydrogen-bond acceptors (Lipinski definition) is 3. The monoisotopic (exact) mass is 275 g/mol. The quantitative estimate of drug-likeness (QED) is 0.886. The van der Waals surface area contributed by atoms with E-state index in [0.717, 1.165) is 6.07 Å². The van der Waals surface area contributed by atoms with Crippen LogP contribution < -0.4 is 10.6 Å². The second-order valence-electron chi connectivity index (χ2n) is 4.39. The summed E-state index contributed by atoms with van der Waals surface area (Å²) in [5, 5.41) is 5.18. The summed E-state index contributed by atoms with van der Waals surface area (Å²) >= 11 is 0. The summed E-state index contributed by atoms with van der Waals surface area (Å²) < 4.78 is 37.6. The Balaban J connectivity index is 2.95. The minimum Gasteiger partial charge on any atom is -0.358 e. The first-order valence-corrected chi connectivity index (χ1v) is 5.78. The van der Waals surface area contributed by atoms with E-state index in [1.807, 2.05) is 0 Å². The number of hydrogen-bond donors (Lipinski definition) is 2. The highest BCUT2D eigenvalue weighted by Gasteiger charge is 2.32. The molecule has 1 unspecified atom stereocenters. The number of halogens is 3. The van der Waals surface area contributed by atoms with Crippen LogP contribution in [0.1, 0.15) is 19.5 Å². The number of pyridine rings is 1. The topological polar surface area (TPSA) is 54.0 Å². The van der Waals surface area contributed by atoms with Crippen molar-refractivity contribution in [2.24, 2.45) is 5.92 Å². The van der Waals surface area contributed by atoms with Gasteiger partial charge in [-0.2, -0.15) is 13.2 Å². The van der Waals surface area contributed by atoms with Gasteiger partial charge in [-0.15, -0.1) is 0 Å². The van der Waals surface area contributed by atoms with Crippen LogP contribution in [0.4, 0.5) is 19.0 Å². The molecule has 1 atom stereocenters. The van der Waals surface area contributed by atoms with E-state index < -0.39 is 17.9 Å². The van der Waals surface area contributed by atoms with Crippen molar-refractivity contribution in [3.63, 3.8) is 0 Å². The Bertz CT molecular complexity index is 446. The summed E-state index contributed by atoms with van der Waals surface area (Å²) in [5.41, 5.74) is -0.989. The normalized spacial score (nSPS) is 13.2. The average molecular weight is 275 g/mol. The molecule has 0 aliphatic carbocycles. The predicted molar refractivity (Wildman–Crippen MR) is 65.6 cm³/mol. The summed E-state index contributed by atoms with van der Waals surface area (Å²) in [7, 11) is 1.47. The Kier molecular flexibility index (Phi) is 4.74. The minimum absolute atomic E-state index is 0.0251. The molecule has 0 aromatic carbocycles. The summed E-state index contributed by atoms with van der Waals surface area (Å²) in [6.45, 7) is 3.58. The van der Waals surface area contributed by atoms with Crippen molar-refractivity contribution >= 4 is 11.7 Å². The number of aromatic nitrogens is 1. The number of nitrogens with one attached hydrogen (secondary N) is 2. The van der Waals surface area contributed by atoms with E-state index in [2.05, 4.69) is 15.6 Å². The van der Waals surface area contributed by atoms with Crippen LogP contribution in [-0.4, -0.2) is 24.0 Å². The first-order chi connectivity index (χ1) is 8.75. The molecule has 0 saturated heterocycles. The van der Waals surface area contributed by atoms with Crippen molar-refractivity contribution in [3.05, 3.63) is 23.9 Å². The number of likely N-dealkylation sites (N-methyl/N-ethyl adjacent to an activating group) is 1. The van der Waals surface area contributed by atoms with Crippen LogP contribution in [-0.2, 0) is 11.0 Å². The molecule has 1 amide bonds. The highest BCUT2D eigenvalue weighted by atomic mass is 19.4. The Labute approximate surface area is 109 Å². The largest absolute Gasteiger partial charge is 0.433 e. The number of carbonyl (C=O) groups excluding carboxylic acids is 1. The van der Waals surface area contributed by atoms with E-state index in [-0.39, 0.29) is 17.6 Å². The first kappa shape index (κ1) is 15.3. The number of carbonyl (C=O) groups is 1. The van der Waals surface area contributed by atoms with E-state index >= 15 is 0 Å². The minimum atomic E-state index is -4.50. The molecule has 19 heavy (non-hydrogen) atoms. The highest BCUT2D eigenvalue weighted by Crippen LogP contribution is 2.28. The number of nitrogens with zero attached hydrogens (tertiary/aromatic N) is 1. The lowest BCUT2D eigenvalue weighted by Crippen LogP contribution is -2.41. The fourth-order valence-corrected chi connectivity index (χ4v) is 1.52. The lowest BCUT2D eigenvalue weighted by atomic mass is 10.0. The van der Waals surface area contributed by atoms with Gasteiger partial charge in [0.1, 0.15) is 17.6 Å². The Morgan fingerprint density at radius 3 is 2.42 bits per heavy atom. The molecule has 106 valence electrons. The molecule has 1 aromatic rings. The van der Waals surface area contributed by atoms with E-state index in [1.54, 1.807) is 13.8 Å². The number of amides is 1. The first-order valence-electron chi connectivity index (χ1n) is 5.78. The van der Waals surface area contributed by atoms with E-state index in [0.29, 0.717) is 0 Å². The molecular weight excluding hydrogens is 259 g/mol. The Morgan fingerprint density at radius 2 is 1.95 bits per heavy atom. The van der Waals surface area contributed by atoms with Gasteiger partial charge in [0.2, 0.25) is 5.91 Å². The van der Waals surface area contributed by atoms with Crippen molar-refractivity contribution in [2.45, 2.75) is 26.1 Å². The van der Waals surface area contributed by atoms with Gasteiger partial charge in [-0.3, -0.25) is 4.79 Å². The summed E-state index contributed by atoms with van der Waals surface area (Å²) in [5.74, 6) is -0.359. The van der Waals surface area contributed by atoms with Gasteiger partial charge in [0.15, 0.2) is 0 Å². The van der Waals surface area contributed by atoms with Gasteiger partial charge in [-0.1, -0.05) is 19.9 Å². The molecule has 0 radical (unpaired) electrons. The van der Waals surface area contributed by atoms with Crippen LogP contribution in [0, 0.1) is 5.92 Å². The fourth-order valence-electron chi connectivity index (χ4n) is 1.52. The average Bonchev–Trinajstić information content (AvgIpc) is 2.34. The van der Waals surface area contributed by atoms with Gasteiger partial charge in [0, 0.05) is 7.05 Å². The predicted octanol–water partition coefficient (Wildman–Crippen LogP) is 2.28. The fraction of sp³-hybridized carbons (Fsp3) is 0.500. The van der Waals surface area contributed by atoms with Crippen molar-refractivity contribution in [1.82, 2.24) is 10.3 Å². The van der Waals surface area contributed by atoms with Crippen LogP contribution in [0.3, 0.4) is 0 Å². The molecule has 0 spiro atoms. The molecule has 0 bridgehead atoms. The van der Waals surface area contributed by atoms with Crippen molar-refractivity contribution in [3.8, 4) is 0 Å². The maximum atomic E-state index is 12.5. The molecule has 4 nitrogen and oxygen atoms in total. The van der Waals surface area contributed by atoms with Gasteiger partial charge in [0.25, 0.3) is 0 Å². The SMILES string of the molecule is CNC(=O)C(Nc1cccc(C(F)(F)F)n1)C(C)C. The van der Waals surface area contributed by atoms with Gasteiger partial charge < -0.3 is 10.6 Å². The molecule has 0 saturated carbocycles. The highest BCUT2D eigenvalue weighted by molar-refractivity contribution is 5.84. The zero-order chi connectivity index (χ0) is 14.6. The molecular formula is C12H16F3N3O. The Hall–Kier alpha value is -1.79. The molecule has 0 fully saturated rings. The van der Waals surface area contributed by atoms with Crippen molar-refractivity contribution < 1.29 is 18.0 Å². The summed E-state index contributed by atoms with van der Waals surface area (Å²) in [6.07, 6.45) is -4.50. The van der Waals surface area contributed by atoms with Crippen molar-refractivity contribution in [2.75, 3.05) is 12.4 Å². The third-order valence-corrected chi connectivity index (χ3v) is 2.54. The molecule has 2 N–H and O–H groups in total. The number of anilines is 1. The maximum absolute atomic E-state index is 12.5. The molecule has 1 rings (SSSR count). The second kappa shape index (κ2) is 5.90. The van der Waals surface area contributed by atoms with Crippen LogP contribution in [0.5, 0.6) is 0 Å². The molecule has 0 aliphatic heterocycles. The maximum Gasteiger partial charge on any atom is 0.433 e. The third-order valence-electron chi connectivity index (χ3n) is 2.54. The standard InChI is InChI=1S/C12H16F3N3O/c1-7(2)10(11(19)16-3)18-9-6-4-5-8(17-9)12(13,14)15/h4-7,10H,1-3H3,(H,16,19)(H,17,18). The number of rotatable bonds is 4. The van der Waals surface area contributed by atoms with Crippen LogP contribution in [0.15, 0.2) is 18.2 Å². The smallest absolute Gasteiger partial charge is 0.358 e. The van der Waals surface area contributed by atoms with Crippen molar-refractivity contribution in [1.29, 1.82) is 0 Å². The van der Waals surface area contributed by atoms with Gasteiger partial charge in [-0.25, -0.2) is 4.98 Å². The lowest BCUT2D eigenvalue weighted by Gasteiger charge is -2.21. The zero-order valence-corrected chi connectivity index (χ0v) is 10.9.